The van der Waals surface area contributed by atoms with Gasteiger partial charge in [0.05, 0.1) is 0 Å². The van der Waals surface area contributed by atoms with Crippen LogP contribution in [0.25, 0.3) is 0 Å². The lowest BCUT2D eigenvalue weighted by molar-refractivity contribution is -0.118. The first-order valence-corrected chi connectivity index (χ1v) is 8.18. The summed E-state index contributed by atoms with van der Waals surface area (Å²) in [5.41, 5.74) is 9.34. The van der Waals surface area contributed by atoms with Gasteiger partial charge >= 0.3 is 0 Å². The van der Waals surface area contributed by atoms with Crippen molar-refractivity contribution in [1.29, 1.82) is 0 Å². The molecule has 0 spiro atoms. The van der Waals surface area contributed by atoms with Crippen LogP contribution in [0, 0.1) is 12.3 Å². The van der Waals surface area contributed by atoms with E-state index >= 15 is 0 Å². The molecule has 1 aromatic carbocycles. The van der Waals surface area contributed by atoms with Crippen molar-refractivity contribution < 1.29 is 4.79 Å². The summed E-state index contributed by atoms with van der Waals surface area (Å²) in [6, 6.07) is 6.18. The minimum absolute atomic E-state index is 0.0252. The number of nitrogens with one attached hydrogen (secondary N) is 1. The van der Waals surface area contributed by atoms with E-state index in [-0.39, 0.29) is 11.3 Å². The van der Waals surface area contributed by atoms with Crippen LogP contribution < -0.4 is 11.1 Å². The Bertz CT molecular complexity index is 490. The monoisotopic (exact) mass is 288 g/mol. The van der Waals surface area contributed by atoms with Gasteiger partial charge in [0.2, 0.25) is 5.91 Å². The molecule has 116 valence electrons. The number of para-hydroxylation sites is 1. The summed E-state index contributed by atoms with van der Waals surface area (Å²) in [7, 11) is 0. The fourth-order valence-electron chi connectivity index (χ4n) is 3.48. The molecule has 1 saturated carbocycles. The first kappa shape index (κ1) is 16.0. The minimum atomic E-state index is 0.0252. The normalized spacial score (nSPS) is 17.5. The Morgan fingerprint density at radius 1 is 1.29 bits per heavy atom. The lowest BCUT2D eigenvalue weighted by Gasteiger charge is -2.35. The quantitative estimate of drug-likeness (QED) is 0.866. The third-order valence-electron chi connectivity index (χ3n) is 4.89. The highest BCUT2D eigenvalue weighted by Gasteiger charge is 2.33. The standard InChI is InChI=1S/C18H28N2O/c1-3-15-9-7-8-14(2)17(15)20-16(21)12-18(13-19)10-5-4-6-11-18/h7-9H,3-6,10-13,19H2,1-2H3,(H,20,21). The van der Waals surface area contributed by atoms with Crippen LogP contribution in [0.5, 0.6) is 0 Å². The van der Waals surface area contributed by atoms with Crippen LogP contribution in [0.4, 0.5) is 5.69 Å². The maximum atomic E-state index is 12.5. The molecule has 1 fully saturated rings. The van der Waals surface area contributed by atoms with E-state index in [9.17, 15) is 4.79 Å². The number of carbonyl (C=O) groups excluding carboxylic acids is 1. The van der Waals surface area contributed by atoms with E-state index in [1.807, 2.05) is 19.1 Å². The van der Waals surface area contributed by atoms with Crippen molar-refractivity contribution in [3.05, 3.63) is 29.3 Å². The molecule has 0 aromatic heterocycles. The van der Waals surface area contributed by atoms with Crippen LogP contribution in [-0.2, 0) is 11.2 Å². The van der Waals surface area contributed by atoms with Crippen molar-refractivity contribution in [2.75, 3.05) is 11.9 Å². The van der Waals surface area contributed by atoms with Crippen LogP contribution in [0.1, 0.15) is 56.6 Å². The maximum Gasteiger partial charge on any atom is 0.224 e. The van der Waals surface area contributed by atoms with E-state index in [1.165, 1.54) is 24.8 Å². The van der Waals surface area contributed by atoms with Crippen molar-refractivity contribution in [1.82, 2.24) is 0 Å². The van der Waals surface area contributed by atoms with Crippen molar-refractivity contribution >= 4 is 11.6 Å². The van der Waals surface area contributed by atoms with Crippen LogP contribution in [-0.4, -0.2) is 12.5 Å². The summed E-state index contributed by atoms with van der Waals surface area (Å²) in [5, 5.41) is 3.14. The SMILES string of the molecule is CCc1cccc(C)c1NC(=O)CC1(CN)CCCCC1. The largest absolute Gasteiger partial charge is 0.330 e. The Balaban J connectivity index is 2.08. The van der Waals surface area contributed by atoms with E-state index in [0.717, 1.165) is 30.5 Å². The van der Waals surface area contributed by atoms with Crippen LogP contribution >= 0.6 is 0 Å². The average molecular weight is 288 g/mol. The van der Waals surface area contributed by atoms with Gasteiger partial charge in [0.25, 0.3) is 0 Å². The van der Waals surface area contributed by atoms with E-state index in [0.29, 0.717) is 13.0 Å². The number of rotatable bonds is 5. The number of hydrogen-bond donors (Lipinski definition) is 2. The minimum Gasteiger partial charge on any atom is -0.330 e. The Morgan fingerprint density at radius 3 is 2.62 bits per heavy atom. The van der Waals surface area contributed by atoms with Crippen molar-refractivity contribution in [3.8, 4) is 0 Å². The van der Waals surface area contributed by atoms with Gasteiger partial charge in [-0.15, -0.1) is 0 Å². The highest BCUT2D eigenvalue weighted by molar-refractivity contribution is 5.92. The topological polar surface area (TPSA) is 55.1 Å². The fraction of sp³-hybridized carbons (Fsp3) is 0.611. The molecule has 0 heterocycles. The number of hydrogen-bond acceptors (Lipinski definition) is 2. The molecular formula is C18H28N2O. The predicted octanol–water partition coefficient (Wildman–Crippen LogP) is 3.80. The molecule has 1 amide bonds. The highest BCUT2D eigenvalue weighted by atomic mass is 16.1. The van der Waals surface area contributed by atoms with Gasteiger partial charge in [0.1, 0.15) is 0 Å². The predicted molar refractivity (Wildman–Crippen MR) is 88.4 cm³/mol. The van der Waals surface area contributed by atoms with Crippen LogP contribution in [0.15, 0.2) is 18.2 Å². The smallest absolute Gasteiger partial charge is 0.224 e. The lowest BCUT2D eigenvalue weighted by Crippen LogP contribution is -2.36. The Labute approximate surface area is 128 Å². The molecule has 3 N–H and O–H groups in total. The van der Waals surface area contributed by atoms with Crippen LogP contribution in [0.3, 0.4) is 0 Å². The Hall–Kier alpha value is -1.35. The molecule has 1 aliphatic rings. The third-order valence-corrected chi connectivity index (χ3v) is 4.89. The lowest BCUT2D eigenvalue weighted by atomic mass is 9.71. The first-order chi connectivity index (χ1) is 10.1. The fourth-order valence-corrected chi connectivity index (χ4v) is 3.48. The maximum absolute atomic E-state index is 12.5. The molecule has 3 nitrogen and oxygen atoms in total. The number of aryl methyl sites for hydroxylation is 2. The summed E-state index contributed by atoms with van der Waals surface area (Å²) in [5.74, 6) is 0.117. The summed E-state index contributed by atoms with van der Waals surface area (Å²) in [6.45, 7) is 4.79. The van der Waals surface area contributed by atoms with Gasteiger partial charge in [-0.25, -0.2) is 0 Å². The van der Waals surface area contributed by atoms with E-state index < -0.39 is 0 Å². The van der Waals surface area contributed by atoms with Crippen molar-refractivity contribution in [2.45, 2.75) is 58.8 Å². The van der Waals surface area contributed by atoms with Gasteiger partial charge in [0.15, 0.2) is 0 Å². The van der Waals surface area contributed by atoms with Gasteiger partial charge in [-0.1, -0.05) is 44.4 Å². The molecule has 1 aliphatic carbocycles. The second kappa shape index (κ2) is 7.08. The zero-order chi connectivity index (χ0) is 15.3. The second-order valence-electron chi connectivity index (χ2n) is 6.45. The second-order valence-corrected chi connectivity index (χ2v) is 6.45. The molecule has 3 heteroatoms. The van der Waals surface area contributed by atoms with Crippen molar-refractivity contribution in [3.63, 3.8) is 0 Å². The molecule has 0 bridgehead atoms. The Kier molecular flexibility index (Phi) is 5.40. The van der Waals surface area contributed by atoms with E-state index in [2.05, 4.69) is 18.3 Å². The molecule has 0 unspecified atom stereocenters. The summed E-state index contributed by atoms with van der Waals surface area (Å²) in [6.07, 6.45) is 7.35. The van der Waals surface area contributed by atoms with E-state index in [1.54, 1.807) is 0 Å². The number of anilines is 1. The zero-order valence-corrected chi connectivity index (χ0v) is 13.4. The summed E-state index contributed by atoms with van der Waals surface area (Å²) >= 11 is 0. The third kappa shape index (κ3) is 3.85. The van der Waals surface area contributed by atoms with Crippen molar-refractivity contribution in [2.24, 2.45) is 11.1 Å². The van der Waals surface area contributed by atoms with E-state index in [4.69, 9.17) is 5.73 Å². The molecule has 0 atom stereocenters. The number of benzene rings is 1. The molecule has 1 aromatic rings. The molecule has 21 heavy (non-hydrogen) atoms. The molecule has 0 saturated heterocycles. The molecule has 0 radical (unpaired) electrons. The molecule has 0 aliphatic heterocycles. The molecule has 2 rings (SSSR count). The van der Waals surface area contributed by atoms with Gasteiger partial charge in [-0.2, -0.15) is 0 Å². The highest BCUT2D eigenvalue weighted by Crippen LogP contribution is 2.38. The van der Waals surface area contributed by atoms with Gasteiger partial charge in [0, 0.05) is 12.1 Å². The summed E-state index contributed by atoms with van der Waals surface area (Å²) in [4.78, 5) is 12.5. The van der Waals surface area contributed by atoms with Gasteiger partial charge in [-0.05, 0) is 49.3 Å². The van der Waals surface area contributed by atoms with Gasteiger partial charge < -0.3 is 11.1 Å². The number of carbonyl (C=O) groups is 1. The first-order valence-electron chi connectivity index (χ1n) is 8.18. The Morgan fingerprint density at radius 2 is 2.00 bits per heavy atom. The zero-order valence-electron chi connectivity index (χ0n) is 13.4. The van der Waals surface area contributed by atoms with Gasteiger partial charge in [-0.3, -0.25) is 4.79 Å². The van der Waals surface area contributed by atoms with Crippen LogP contribution in [0.2, 0.25) is 0 Å². The number of amides is 1. The molecular weight excluding hydrogens is 260 g/mol. The average Bonchev–Trinajstić information content (AvgIpc) is 2.50. The number of nitrogens with two attached hydrogens (primary N) is 1. The summed E-state index contributed by atoms with van der Waals surface area (Å²) < 4.78 is 0.